The summed E-state index contributed by atoms with van der Waals surface area (Å²) in [5, 5.41) is 0.888. The smallest absolute Gasteiger partial charge is 0.134 e. The van der Waals surface area contributed by atoms with Crippen molar-refractivity contribution >= 4 is 16.7 Å². The minimum atomic E-state index is 0.496. The van der Waals surface area contributed by atoms with Gasteiger partial charge < -0.3 is 5.73 Å². The molecule has 0 radical (unpaired) electrons. The zero-order chi connectivity index (χ0) is 12.5. The standard InChI is InChI=1S/C13H11N5/c1-8-10(9-4-15-6-16-5-9)2-3-11-12(8)13(14)18-7-17-11/h2-7H,1H3,(H2,14,17,18). The molecule has 3 rings (SSSR count). The van der Waals surface area contributed by atoms with E-state index in [1.54, 1.807) is 12.4 Å². The summed E-state index contributed by atoms with van der Waals surface area (Å²) in [6.45, 7) is 2.00. The van der Waals surface area contributed by atoms with Crippen LogP contribution in [0.25, 0.3) is 22.0 Å². The first kappa shape index (κ1) is 10.6. The number of aryl methyl sites for hydroxylation is 1. The molecule has 0 saturated heterocycles. The first-order chi connectivity index (χ1) is 8.77. The van der Waals surface area contributed by atoms with E-state index in [2.05, 4.69) is 19.9 Å². The average molecular weight is 237 g/mol. The number of fused-ring (bicyclic) bond motifs is 1. The van der Waals surface area contributed by atoms with E-state index >= 15 is 0 Å². The summed E-state index contributed by atoms with van der Waals surface area (Å²) in [6, 6.07) is 3.94. The fourth-order valence-electron chi connectivity index (χ4n) is 2.10. The van der Waals surface area contributed by atoms with E-state index in [1.807, 2.05) is 19.1 Å². The van der Waals surface area contributed by atoms with Crippen molar-refractivity contribution in [2.75, 3.05) is 5.73 Å². The van der Waals surface area contributed by atoms with Crippen molar-refractivity contribution in [1.82, 2.24) is 19.9 Å². The van der Waals surface area contributed by atoms with Crippen molar-refractivity contribution < 1.29 is 0 Å². The van der Waals surface area contributed by atoms with Gasteiger partial charge in [0.25, 0.3) is 0 Å². The summed E-state index contributed by atoms with van der Waals surface area (Å²) in [7, 11) is 0. The van der Waals surface area contributed by atoms with E-state index in [0.29, 0.717) is 5.82 Å². The van der Waals surface area contributed by atoms with Crippen LogP contribution in [-0.4, -0.2) is 19.9 Å². The van der Waals surface area contributed by atoms with Crippen LogP contribution in [0, 0.1) is 6.92 Å². The van der Waals surface area contributed by atoms with Gasteiger partial charge in [0.1, 0.15) is 18.5 Å². The summed E-state index contributed by atoms with van der Waals surface area (Å²) in [6.07, 6.45) is 6.54. The number of rotatable bonds is 1. The Morgan fingerprint density at radius 1 is 1.00 bits per heavy atom. The number of hydrogen-bond donors (Lipinski definition) is 1. The monoisotopic (exact) mass is 237 g/mol. The fraction of sp³-hybridized carbons (Fsp3) is 0.0769. The maximum Gasteiger partial charge on any atom is 0.134 e. The molecule has 0 unspecified atom stereocenters. The molecule has 0 aliphatic heterocycles. The van der Waals surface area contributed by atoms with E-state index in [0.717, 1.165) is 27.6 Å². The van der Waals surface area contributed by atoms with Crippen LogP contribution < -0.4 is 5.73 Å². The van der Waals surface area contributed by atoms with Gasteiger partial charge in [0.05, 0.1) is 5.52 Å². The Kier molecular flexibility index (Phi) is 2.37. The molecule has 2 aromatic heterocycles. The Bertz CT molecular complexity index is 709. The number of anilines is 1. The number of nitrogens with two attached hydrogens (primary N) is 1. The zero-order valence-electron chi connectivity index (χ0n) is 9.83. The third-order valence-corrected chi connectivity index (χ3v) is 2.96. The van der Waals surface area contributed by atoms with Crippen molar-refractivity contribution in [3.8, 4) is 11.1 Å². The molecule has 0 saturated carbocycles. The molecule has 18 heavy (non-hydrogen) atoms. The molecular formula is C13H11N5. The summed E-state index contributed by atoms with van der Waals surface area (Å²) in [5.74, 6) is 0.496. The highest BCUT2D eigenvalue weighted by molar-refractivity contribution is 5.95. The minimum Gasteiger partial charge on any atom is -0.383 e. The lowest BCUT2D eigenvalue weighted by atomic mass is 9.99. The molecule has 0 aliphatic carbocycles. The first-order valence-corrected chi connectivity index (χ1v) is 5.52. The molecule has 2 heterocycles. The SMILES string of the molecule is Cc1c(-c2cncnc2)ccc2ncnc(N)c12. The maximum atomic E-state index is 5.92. The van der Waals surface area contributed by atoms with Gasteiger partial charge in [0.15, 0.2) is 0 Å². The average Bonchev–Trinajstić information content (AvgIpc) is 2.40. The molecule has 0 fully saturated rings. The molecule has 2 N–H and O–H groups in total. The summed E-state index contributed by atoms with van der Waals surface area (Å²) in [4.78, 5) is 16.3. The van der Waals surface area contributed by atoms with Crippen molar-refractivity contribution in [3.05, 3.63) is 42.7 Å². The molecule has 0 aliphatic rings. The first-order valence-electron chi connectivity index (χ1n) is 5.52. The van der Waals surface area contributed by atoms with Crippen molar-refractivity contribution in [2.24, 2.45) is 0 Å². The van der Waals surface area contributed by atoms with Crippen LogP contribution in [0.15, 0.2) is 37.2 Å². The fourth-order valence-corrected chi connectivity index (χ4v) is 2.10. The van der Waals surface area contributed by atoms with E-state index < -0.39 is 0 Å². The van der Waals surface area contributed by atoms with Crippen LogP contribution in [-0.2, 0) is 0 Å². The lowest BCUT2D eigenvalue weighted by Crippen LogP contribution is -1.96. The third kappa shape index (κ3) is 1.57. The molecular weight excluding hydrogens is 226 g/mol. The highest BCUT2D eigenvalue weighted by atomic mass is 14.9. The van der Waals surface area contributed by atoms with Crippen LogP contribution in [0.3, 0.4) is 0 Å². The van der Waals surface area contributed by atoms with E-state index in [4.69, 9.17) is 5.73 Å². The van der Waals surface area contributed by atoms with Gasteiger partial charge in [0, 0.05) is 23.3 Å². The van der Waals surface area contributed by atoms with Crippen LogP contribution >= 0.6 is 0 Å². The van der Waals surface area contributed by atoms with Gasteiger partial charge in [-0.05, 0) is 24.1 Å². The largest absolute Gasteiger partial charge is 0.383 e. The Labute approximate surface area is 104 Å². The molecule has 3 aromatic rings. The lowest BCUT2D eigenvalue weighted by Gasteiger charge is -2.09. The molecule has 0 atom stereocenters. The topological polar surface area (TPSA) is 77.6 Å². The number of nitrogens with zero attached hydrogens (tertiary/aromatic N) is 4. The van der Waals surface area contributed by atoms with Gasteiger partial charge >= 0.3 is 0 Å². The van der Waals surface area contributed by atoms with Crippen LogP contribution in [0.4, 0.5) is 5.82 Å². The Morgan fingerprint density at radius 2 is 1.78 bits per heavy atom. The predicted molar refractivity (Wildman–Crippen MR) is 69.7 cm³/mol. The number of benzene rings is 1. The van der Waals surface area contributed by atoms with Gasteiger partial charge in [0.2, 0.25) is 0 Å². The highest BCUT2D eigenvalue weighted by Gasteiger charge is 2.09. The maximum absolute atomic E-state index is 5.92. The van der Waals surface area contributed by atoms with Crippen LogP contribution in [0.1, 0.15) is 5.56 Å². The Hall–Kier alpha value is -2.56. The summed E-state index contributed by atoms with van der Waals surface area (Å²) in [5.41, 5.74) is 9.82. The van der Waals surface area contributed by atoms with Crippen LogP contribution in [0.5, 0.6) is 0 Å². The molecule has 88 valence electrons. The van der Waals surface area contributed by atoms with Gasteiger partial charge in [-0.2, -0.15) is 0 Å². The second-order valence-corrected chi connectivity index (χ2v) is 4.02. The van der Waals surface area contributed by atoms with E-state index in [1.165, 1.54) is 12.7 Å². The second kappa shape index (κ2) is 4.03. The van der Waals surface area contributed by atoms with E-state index in [9.17, 15) is 0 Å². The van der Waals surface area contributed by atoms with E-state index in [-0.39, 0.29) is 0 Å². The molecule has 0 spiro atoms. The minimum absolute atomic E-state index is 0.496. The Morgan fingerprint density at radius 3 is 2.56 bits per heavy atom. The normalized spacial score (nSPS) is 10.7. The third-order valence-electron chi connectivity index (χ3n) is 2.96. The highest BCUT2D eigenvalue weighted by Crippen LogP contribution is 2.30. The van der Waals surface area contributed by atoms with Crippen LogP contribution in [0.2, 0.25) is 0 Å². The van der Waals surface area contributed by atoms with Gasteiger partial charge in [-0.15, -0.1) is 0 Å². The Balaban J connectivity index is 2.33. The quantitative estimate of drug-likeness (QED) is 0.700. The zero-order valence-corrected chi connectivity index (χ0v) is 9.83. The molecule has 0 bridgehead atoms. The van der Waals surface area contributed by atoms with Crippen molar-refractivity contribution in [3.63, 3.8) is 0 Å². The molecule has 5 heteroatoms. The molecule has 0 amide bonds. The van der Waals surface area contributed by atoms with Crippen molar-refractivity contribution in [2.45, 2.75) is 6.92 Å². The van der Waals surface area contributed by atoms with Gasteiger partial charge in [-0.25, -0.2) is 19.9 Å². The lowest BCUT2D eigenvalue weighted by molar-refractivity contribution is 1.17. The van der Waals surface area contributed by atoms with Crippen molar-refractivity contribution in [1.29, 1.82) is 0 Å². The second-order valence-electron chi connectivity index (χ2n) is 4.02. The predicted octanol–water partition coefficient (Wildman–Crippen LogP) is 1.98. The molecule has 1 aromatic carbocycles. The van der Waals surface area contributed by atoms with Gasteiger partial charge in [-0.3, -0.25) is 0 Å². The van der Waals surface area contributed by atoms with Gasteiger partial charge in [-0.1, -0.05) is 6.07 Å². The molecule has 5 nitrogen and oxygen atoms in total. The summed E-state index contributed by atoms with van der Waals surface area (Å²) >= 11 is 0. The number of hydrogen-bond acceptors (Lipinski definition) is 5. The number of nitrogen functional groups attached to an aromatic ring is 1. The summed E-state index contributed by atoms with van der Waals surface area (Å²) < 4.78 is 0. The number of aromatic nitrogens is 4.